The maximum atomic E-state index is 4.45. The molecule has 0 saturated carbocycles. The lowest BCUT2D eigenvalue weighted by Crippen LogP contribution is -2.18. The van der Waals surface area contributed by atoms with Gasteiger partial charge in [-0.3, -0.25) is 0 Å². The van der Waals surface area contributed by atoms with E-state index < -0.39 is 0 Å². The number of rotatable bonds is 7. The second-order valence-corrected chi connectivity index (χ2v) is 6.97. The Morgan fingerprint density at radius 2 is 1.59 bits per heavy atom. The van der Waals surface area contributed by atoms with Crippen molar-refractivity contribution in [3.05, 3.63) is 107 Å². The summed E-state index contributed by atoms with van der Waals surface area (Å²) in [5.41, 5.74) is 8.45. The molecule has 0 fully saturated rings. The number of benzene rings is 2. The fourth-order valence-corrected chi connectivity index (χ4v) is 3.12. The third kappa shape index (κ3) is 6.70. The van der Waals surface area contributed by atoms with E-state index in [0.717, 1.165) is 12.1 Å². The number of aryl methyl sites for hydroxylation is 2. The third-order valence-electron chi connectivity index (χ3n) is 4.83. The molecule has 150 valence electrons. The Balaban J connectivity index is 0.00000204. The van der Waals surface area contributed by atoms with E-state index in [9.17, 15) is 0 Å². The van der Waals surface area contributed by atoms with Crippen molar-refractivity contribution < 1.29 is 0 Å². The minimum absolute atomic E-state index is 0.897. The van der Waals surface area contributed by atoms with E-state index in [4.69, 9.17) is 0 Å². The quantitative estimate of drug-likeness (QED) is 0.353. The van der Waals surface area contributed by atoms with Crippen molar-refractivity contribution in [2.75, 3.05) is 11.9 Å². The standard InChI is InChI=1S/C26H31N.C2H2/c1-7-8-13-20(2)18-19-25(24-16-11-9-14-21(24)3)23(5)27(6)26-17-12-10-15-22(26)4;1-2/h7-17,19H,5,18H2,1-4,6H3;1-2H/b8-7-,20-13+,25-19-;. The Kier molecular flexibility index (Phi) is 10.1. The highest BCUT2D eigenvalue weighted by molar-refractivity contribution is 5.84. The normalized spacial score (nSPS) is 11.7. The highest BCUT2D eigenvalue weighted by Crippen LogP contribution is 2.31. The Hall–Kier alpha value is -3.24. The summed E-state index contributed by atoms with van der Waals surface area (Å²) >= 11 is 0. The summed E-state index contributed by atoms with van der Waals surface area (Å²) in [5.74, 6) is 0. The summed E-state index contributed by atoms with van der Waals surface area (Å²) in [5, 5.41) is 0. The minimum Gasteiger partial charge on any atom is -0.344 e. The van der Waals surface area contributed by atoms with Crippen molar-refractivity contribution in [2.24, 2.45) is 0 Å². The Morgan fingerprint density at radius 3 is 2.17 bits per heavy atom. The lowest BCUT2D eigenvalue weighted by molar-refractivity contribution is 1.12. The second kappa shape index (κ2) is 12.3. The highest BCUT2D eigenvalue weighted by atomic mass is 15.1. The summed E-state index contributed by atoms with van der Waals surface area (Å²) in [7, 11) is 2.10. The lowest BCUT2D eigenvalue weighted by atomic mass is 9.95. The zero-order valence-electron chi connectivity index (χ0n) is 18.4. The number of terminal acetylenes is 1. The summed E-state index contributed by atoms with van der Waals surface area (Å²) in [6, 6.07) is 17.0. The van der Waals surface area contributed by atoms with Crippen LogP contribution < -0.4 is 4.90 Å². The van der Waals surface area contributed by atoms with Crippen molar-refractivity contribution in [3.63, 3.8) is 0 Å². The predicted octanol–water partition coefficient (Wildman–Crippen LogP) is 7.50. The van der Waals surface area contributed by atoms with Gasteiger partial charge in [0, 0.05) is 24.0 Å². The number of hydrogen-bond donors (Lipinski definition) is 0. The van der Waals surface area contributed by atoms with E-state index in [1.165, 1.54) is 33.5 Å². The van der Waals surface area contributed by atoms with E-state index in [2.05, 4.69) is 125 Å². The molecule has 0 bridgehead atoms. The van der Waals surface area contributed by atoms with Crippen LogP contribution >= 0.6 is 0 Å². The Labute approximate surface area is 177 Å². The second-order valence-electron chi connectivity index (χ2n) is 6.97. The zero-order chi connectivity index (χ0) is 21.8. The van der Waals surface area contributed by atoms with Crippen LogP contribution in [-0.4, -0.2) is 7.05 Å². The molecule has 0 N–H and O–H groups in total. The van der Waals surface area contributed by atoms with Crippen molar-refractivity contribution >= 4 is 11.3 Å². The highest BCUT2D eigenvalue weighted by Gasteiger charge is 2.14. The van der Waals surface area contributed by atoms with Gasteiger partial charge in [0.25, 0.3) is 0 Å². The molecule has 0 spiro atoms. The van der Waals surface area contributed by atoms with Gasteiger partial charge < -0.3 is 4.90 Å². The Bertz CT molecular complexity index is 922. The van der Waals surface area contributed by atoms with Gasteiger partial charge in [-0.15, -0.1) is 12.8 Å². The molecule has 0 aliphatic rings. The average Bonchev–Trinajstić information content (AvgIpc) is 2.74. The molecule has 0 atom stereocenters. The number of hydrogen-bond acceptors (Lipinski definition) is 1. The topological polar surface area (TPSA) is 3.24 Å². The molecule has 0 amide bonds. The lowest BCUT2D eigenvalue weighted by Gasteiger charge is -2.26. The molecule has 2 aromatic carbocycles. The van der Waals surface area contributed by atoms with Crippen molar-refractivity contribution in [1.29, 1.82) is 0 Å². The molecule has 1 heteroatoms. The van der Waals surface area contributed by atoms with Gasteiger partial charge in [0.15, 0.2) is 0 Å². The first-order valence-corrected chi connectivity index (χ1v) is 9.82. The average molecular weight is 384 g/mol. The fraction of sp³-hybridized carbons (Fsp3) is 0.214. The van der Waals surface area contributed by atoms with Crippen LogP contribution in [0.4, 0.5) is 5.69 Å². The van der Waals surface area contributed by atoms with Crippen LogP contribution in [0.15, 0.2) is 90.7 Å². The molecule has 0 aliphatic heterocycles. The van der Waals surface area contributed by atoms with Crippen LogP contribution in [0.2, 0.25) is 0 Å². The molecule has 2 rings (SSSR count). The molecule has 0 saturated heterocycles. The monoisotopic (exact) mass is 383 g/mol. The molecule has 2 aromatic rings. The molecule has 1 nitrogen and oxygen atoms in total. The van der Waals surface area contributed by atoms with E-state index in [0.29, 0.717) is 0 Å². The molecule has 0 radical (unpaired) electrons. The van der Waals surface area contributed by atoms with Gasteiger partial charge in [-0.1, -0.05) is 78.9 Å². The largest absolute Gasteiger partial charge is 0.344 e. The van der Waals surface area contributed by atoms with Gasteiger partial charge >= 0.3 is 0 Å². The molecular weight excluding hydrogens is 350 g/mol. The molecule has 0 aliphatic carbocycles. The van der Waals surface area contributed by atoms with Crippen molar-refractivity contribution in [2.45, 2.75) is 34.1 Å². The van der Waals surface area contributed by atoms with Crippen LogP contribution in [0, 0.1) is 26.7 Å². The van der Waals surface area contributed by atoms with Crippen molar-refractivity contribution in [1.82, 2.24) is 0 Å². The smallest absolute Gasteiger partial charge is 0.0437 e. The number of para-hydroxylation sites is 1. The third-order valence-corrected chi connectivity index (χ3v) is 4.83. The van der Waals surface area contributed by atoms with Crippen LogP contribution in [0.1, 0.15) is 37.0 Å². The maximum Gasteiger partial charge on any atom is 0.0437 e. The molecule has 0 unspecified atom stereocenters. The first-order valence-electron chi connectivity index (χ1n) is 9.82. The summed E-state index contributed by atoms with van der Waals surface area (Å²) < 4.78 is 0. The van der Waals surface area contributed by atoms with E-state index in [-0.39, 0.29) is 0 Å². The summed E-state index contributed by atoms with van der Waals surface area (Å²) in [4.78, 5) is 2.19. The van der Waals surface area contributed by atoms with Gasteiger partial charge in [0.2, 0.25) is 0 Å². The van der Waals surface area contributed by atoms with E-state index in [1.807, 2.05) is 6.92 Å². The number of nitrogens with zero attached hydrogens (tertiary/aromatic N) is 1. The molecular formula is C28H33N. The number of allylic oxidation sites excluding steroid dienone is 6. The van der Waals surface area contributed by atoms with E-state index >= 15 is 0 Å². The fourth-order valence-electron chi connectivity index (χ4n) is 3.12. The zero-order valence-corrected chi connectivity index (χ0v) is 18.4. The molecule has 0 aromatic heterocycles. The first kappa shape index (κ1) is 23.8. The summed E-state index contributed by atoms with van der Waals surface area (Å²) in [6.07, 6.45) is 17.5. The number of anilines is 1. The van der Waals surface area contributed by atoms with Crippen molar-refractivity contribution in [3.8, 4) is 12.8 Å². The van der Waals surface area contributed by atoms with Gasteiger partial charge in [0.1, 0.15) is 0 Å². The van der Waals surface area contributed by atoms with Gasteiger partial charge in [0.05, 0.1) is 0 Å². The maximum absolute atomic E-state index is 4.45. The van der Waals surface area contributed by atoms with Gasteiger partial charge in [-0.25, -0.2) is 0 Å². The van der Waals surface area contributed by atoms with E-state index in [1.54, 1.807) is 0 Å². The van der Waals surface area contributed by atoms with Crippen LogP contribution in [0.3, 0.4) is 0 Å². The first-order chi connectivity index (χ1) is 14.0. The molecule has 0 heterocycles. The van der Waals surface area contributed by atoms with Crippen LogP contribution in [0.25, 0.3) is 5.57 Å². The SMILES string of the molecule is C#C.C=C(/C(=C/C/C(C)=C/C=C\C)c1ccccc1C)N(C)c1ccccc1C. The number of likely N-dealkylation sites (N-methyl/N-ethyl adjacent to an activating group) is 1. The summed E-state index contributed by atoms with van der Waals surface area (Å²) in [6.45, 7) is 13.0. The Morgan fingerprint density at radius 1 is 1.00 bits per heavy atom. The van der Waals surface area contributed by atoms with Crippen LogP contribution in [0.5, 0.6) is 0 Å². The predicted molar refractivity (Wildman–Crippen MR) is 131 cm³/mol. The van der Waals surface area contributed by atoms with Gasteiger partial charge in [-0.2, -0.15) is 0 Å². The van der Waals surface area contributed by atoms with Crippen LogP contribution in [-0.2, 0) is 0 Å². The van der Waals surface area contributed by atoms with Gasteiger partial charge in [-0.05, 0) is 56.9 Å². The molecule has 29 heavy (non-hydrogen) atoms. The minimum atomic E-state index is 0.897.